The van der Waals surface area contributed by atoms with E-state index in [1.54, 1.807) is 12.1 Å². The fourth-order valence-corrected chi connectivity index (χ4v) is 2.85. The number of hydrogen-bond acceptors (Lipinski definition) is 5. The molecule has 1 amide bonds. The molecule has 0 saturated heterocycles. The number of carbonyl (C=O) groups excluding carboxylic acids is 1. The van der Waals surface area contributed by atoms with Gasteiger partial charge in [-0.25, -0.2) is 0 Å². The van der Waals surface area contributed by atoms with Crippen molar-refractivity contribution in [3.63, 3.8) is 0 Å². The van der Waals surface area contributed by atoms with Crippen LogP contribution in [0.5, 0.6) is 17.2 Å². The lowest BCUT2D eigenvalue weighted by Crippen LogP contribution is -2.23. The third-order valence-electron chi connectivity index (χ3n) is 4.32. The van der Waals surface area contributed by atoms with Crippen molar-refractivity contribution < 1.29 is 19.0 Å². The van der Waals surface area contributed by atoms with E-state index in [1.165, 1.54) is 14.2 Å². The lowest BCUT2D eigenvalue weighted by atomic mass is 10.1. The van der Waals surface area contributed by atoms with Gasteiger partial charge in [0, 0.05) is 11.3 Å². The van der Waals surface area contributed by atoms with E-state index in [4.69, 9.17) is 14.2 Å². The van der Waals surface area contributed by atoms with Crippen LogP contribution < -0.4 is 19.5 Å². The minimum absolute atomic E-state index is 0.250. The van der Waals surface area contributed by atoms with Gasteiger partial charge in [-0.05, 0) is 36.8 Å². The molecule has 0 aliphatic carbocycles. The summed E-state index contributed by atoms with van der Waals surface area (Å²) in [5, 5.41) is 2.87. The van der Waals surface area contributed by atoms with Gasteiger partial charge >= 0.3 is 0 Å². The van der Waals surface area contributed by atoms with Crippen molar-refractivity contribution in [2.45, 2.75) is 20.1 Å². The molecule has 0 radical (unpaired) electrons. The zero-order valence-corrected chi connectivity index (χ0v) is 16.8. The molecule has 3 rings (SSSR count). The fraction of sp³-hybridized carbons (Fsp3) is 0.217. The molecular formula is C23H24N2O4. The van der Waals surface area contributed by atoms with Gasteiger partial charge in [0.2, 0.25) is 5.75 Å². The maximum atomic E-state index is 12.6. The first-order valence-electron chi connectivity index (χ1n) is 9.24. The number of methoxy groups -OCH3 is 2. The normalized spacial score (nSPS) is 10.3. The van der Waals surface area contributed by atoms with Gasteiger partial charge < -0.3 is 19.5 Å². The molecule has 1 heterocycles. The van der Waals surface area contributed by atoms with Crippen molar-refractivity contribution in [1.82, 2.24) is 10.3 Å². The molecular weight excluding hydrogens is 368 g/mol. The molecule has 0 atom stereocenters. The molecule has 0 aliphatic heterocycles. The van der Waals surface area contributed by atoms with Crippen LogP contribution in [0, 0.1) is 6.92 Å². The second-order valence-corrected chi connectivity index (χ2v) is 6.44. The number of benzene rings is 2. The fourth-order valence-electron chi connectivity index (χ4n) is 2.85. The Morgan fingerprint density at radius 3 is 2.28 bits per heavy atom. The van der Waals surface area contributed by atoms with Crippen molar-refractivity contribution in [3.05, 3.63) is 83.2 Å². The first kappa shape index (κ1) is 20.2. The molecule has 0 bridgehead atoms. The Hall–Kier alpha value is -3.54. The van der Waals surface area contributed by atoms with Gasteiger partial charge in [0.25, 0.3) is 5.91 Å². The van der Waals surface area contributed by atoms with Gasteiger partial charge in [-0.1, -0.05) is 36.4 Å². The molecule has 0 spiro atoms. The van der Waals surface area contributed by atoms with Gasteiger partial charge in [0.1, 0.15) is 6.61 Å². The zero-order valence-electron chi connectivity index (χ0n) is 16.8. The second-order valence-electron chi connectivity index (χ2n) is 6.44. The molecule has 0 aliphatic rings. The molecule has 3 aromatic rings. The van der Waals surface area contributed by atoms with Crippen molar-refractivity contribution in [2.75, 3.05) is 14.2 Å². The van der Waals surface area contributed by atoms with E-state index in [0.29, 0.717) is 36.0 Å². The quantitative estimate of drug-likeness (QED) is 0.629. The first-order chi connectivity index (χ1) is 14.1. The third kappa shape index (κ3) is 5.25. The van der Waals surface area contributed by atoms with Gasteiger partial charge in [-0.15, -0.1) is 0 Å². The number of carbonyl (C=O) groups is 1. The van der Waals surface area contributed by atoms with Crippen LogP contribution >= 0.6 is 0 Å². The minimum Gasteiger partial charge on any atom is -0.493 e. The van der Waals surface area contributed by atoms with Gasteiger partial charge in [-0.3, -0.25) is 9.78 Å². The largest absolute Gasteiger partial charge is 0.493 e. The minimum atomic E-state index is -0.250. The highest BCUT2D eigenvalue weighted by atomic mass is 16.5. The second kappa shape index (κ2) is 9.59. The number of aromatic nitrogens is 1. The standard InChI is InChI=1S/C23H24N2O4/c1-16-8-7-11-19(25-16)14-24-23(26)18-12-20(27-2)22(21(13-18)28-3)29-15-17-9-5-4-6-10-17/h4-13H,14-15H2,1-3H3,(H,24,26). The van der Waals surface area contributed by atoms with Gasteiger partial charge in [-0.2, -0.15) is 0 Å². The predicted octanol–water partition coefficient (Wildman–Crippen LogP) is 3.92. The molecule has 29 heavy (non-hydrogen) atoms. The highest BCUT2D eigenvalue weighted by Crippen LogP contribution is 2.39. The molecule has 1 N–H and O–H groups in total. The van der Waals surface area contributed by atoms with Crippen molar-refractivity contribution in [2.24, 2.45) is 0 Å². The van der Waals surface area contributed by atoms with Crippen LogP contribution in [0.15, 0.2) is 60.7 Å². The Bertz CT molecular complexity index is 949. The molecule has 1 aromatic heterocycles. The van der Waals surface area contributed by atoms with Crippen LogP contribution in [0.1, 0.15) is 27.3 Å². The van der Waals surface area contributed by atoms with E-state index in [-0.39, 0.29) is 5.91 Å². The van der Waals surface area contributed by atoms with Crippen LogP contribution in [0.4, 0.5) is 0 Å². The summed E-state index contributed by atoms with van der Waals surface area (Å²) < 4.78 is 16.8. The van der Waals surface area contributed by atoms with Crippen LogP contribution in [-0.2, 0) is 13.2 Å². The monoisotopic (exact) mass is 392 g/mol. The summed E-state index contributed by atoms with van der Waals surface area (Å²) in [6, 6.07) is 18.8. The van der Waals surface area contributed by atoms with E-state index in [0.717, 1.165) is 17.0 Å². The average Bonchev–Trinajstić information content (AvgIpc) is 2.76. The Kier molecular flexibility index (Phi) is 6.68. The van der Waals surface area contributed by atoms with E-state index >= 15 is 0 Å². The Morgan fingerprint density at radius 1 is 0.966 bits per heavy atom. The van der Waals surface area contributed by atoms with Crippen LogP contribution in [0.2, 0.25) is 0 Å². The van der Waals surface area contributed by atoms with Crippen molar-refractivity contribution in [3.8, 4) is 17.2 Å². The number of amides is 1. The Morgan fingerprint density at radius 2 is 1.66 bits per heavy atom. The summed E-state index contributed by atoms with van der Waals surface area (Å²) in [4.78, 5) is 17.0. The lowest BCUT2D eigenvalue weighted by molar-refractivity contribution is 0.0949. The summed E-state index contributed by atoms with van der Waals surface area (Å²) >= 11 is 0. The SMILES string of the molecule is COc1cc(C(=O)NCc2cccc(C)n2)cc(OC)c1OCc1ccccc1. The Balaban J connectivity index is 1.76. The smallest absolute Gasteiger partial charge is 0.251 e. The number of nitrogens with zero attached hydrogens (tertiary/aromatic N) is 1. The number of hydrogen-bond donors (Lipinski definition) is 1. The van der Waals surface area contributed by atoms with Crippen LogP contribution in [-0.4, -0.2) is 25.1 Å². The van der Waals surface area contributed by atoms with Gasteiger partial charge in [0.05, 0.1) is 26.5 Å². The number of rotatable bonds is 8. The summed E-state index contributed by atoms with van der Waals surface area (Å²) in [6.07, 6.45) is 0. The molecule has 2 aromatic carbocycles. The summed E-state index contributed by atoms with van der Waals surface area (Å²) in [7, 11) is 3.06. The van der Waals surface area contributed by atoms with E-state index in [2.05, 4.69) is 10.3 Å². The molecule has 0 unspecified atom stereocenters. The number of aryl methyl sites for hydroxylation is 1. The average molecular weight is 392 g/mol. The Labute approximate surface area is 170 Å². The van der Waals surface area contributed by atoms with E-state index in [1.807, 2.05) is 55.5 Å². The number of ether oxygens (including phenoxy) is 3. The van der Waals surface area contributed by atoms with E-state index in [9.17, 15) is 4.79 Å². The summed E-state index contributed by atoms with van der Waals surface area (Å²) in [6.45, 7) is 2.60. The predicted molar refractivity (Wildman–Crippen MR) is 110 cm³/mol. The summed E-state index contributed by atoms with van der Waals surface area (Å²) in [5.41, 5.74) is 3.13. The maximum Gasteiger partial charge on any atom is 0.251 e. The molecule has 0 saturated carbocycles. The highest BCUT2D eigenvalue weighted by molar-refractivity contribution is 5.95. The zero-order chi connectivity index (χ0) is 20.6. The highest BCUT2D eigenvalue weighted by Gasteiger charge is 2.18. The first-order valence-corrected chi connectivity index (χ1v) is 9.24. The lowest BCUT2D eigenvalue weighted by Gasteiger charge is -2.16. The van der Waals surface area contributed by atoms with Crippen LogP contribution in [0.25, 0.3) is 0 Å². The molecule has 150 valence electrons. The molecule has 6 heteroatoms. The third-order valence-corrected chi connectivity index (χ3v) is 4.32. The maximum absolute atomic E-state index is 12.6. The topological polar surface area (TPSA) is 69.7 Å². The van der Waals surface area contributed by atoms with Crippen molar-refractivity contribution in [1.29, 1.82) is 0 Å². The van der Waals surface area contributed by atoms with Crippen molar-refractivity contribution >= 4 is 5.91 Å². The van der Waals surface area contributed by atoms with Gasteiger partial charge in [0.15, 0.2) is 11.5 Å². The number of pyridine rings is 1. The van der Waals surface area contributed by atoms with E-state index < -0.39 is 0 Å². The molecule has 0 fully saturated rings. The number of nitrogens with one attached hydrogen (secondary N) is 1. The van der Waals surface area contributed by atoms with Crippen LogP contribution in [0.3, 0.4) is 0 Å². The molecule has 6 nitrogen and oxygen atoms in total. The summed E-state index contributed by atoms with van der Waals surface area (Å²) in [5.74, 6) is 1.06.